The van der Waals surface area contributed by atoms with E-state index in [9.17, 15) is 19.8 Å². The van der Waals surface area contributed by atoms with Gasteiger partial charge in [-0.05, 0) is 30.3 Å². The number of ether oxygens (including phenoxy) is 1. The highest BCUT2D eigenvalue weighted by atomic mass is 35.5. The summed E-state index contributed by atoms with van der Waals surface area (Å²) in [6.45, 7) is 3.58. The van der Waals surface area contributed by atoms with Crippen LogP contribution in [0.5, 0.6) is 5.75 Å². The second-order valence-corrected chi connectivity index (χ2v) is 8.50. The first-order valence-corrected chi connectivity index (χ1v) is 11.1. The number of carbonyl (C=O) groups is 2. The molecule has 0 aliphatic carbocycles. The van der Waals surface area contributed by atoms with Gasteiger partial charge in [-0.15, -0.1) is 0 Å². The third-order valence-electron chi connectivity index (χ3n) is 6.12. The minimum atomic E-state index is -1.13. The van der Waals surface area contributed by atoms with E-state index in [0.717, 1.165) is 5.75 Å². The molecular formula is C24H26ClN3O5. The smallest absolute Gasteiger partial charge is 0.352 e. The van der Waals surface area contributed by atoms with Crippen LogP contribution in [0.25, 0.3) is 10.9 Å². The molecule has 0 radical (unpaired) electrons. The van der Waals surface area contributed by atoms with E-state index >= 15 is 0 Å². The van der Waals surface area contributed by atoms with Gasteiger partial charge >= 0.3 is 11.9 Å². The minimum absolute atomic E-state index is 0.0161. The van der Waals surface area contributed by atoms with E-state index in [1.54, 1.807) is 35.9 Å². The number of aromatic nitrogens is 1. The SMILES string of the molecule is Cn1c(C(=O)O)c([C@@H](C(=O)O)N2CCN(CCOc3ccc(Cl)cc3)CC2)c2ccccc21. The molecule has 33 heavy (non-hydrogen) atoms. The predicted octanol–water partition coefficient (Wildman–Crippen LogP) is 3.35. The topological polar surface area (TPSA) is 95.2 Å². The van der Waals surface area contributed by atoms with Crippen LogP contribution in [0.2, 0.25) is 5.02 Å². The van der Waals surface area contributed by atoms with Crippen molar-refractivity contribution in [2.75, 3.05) is 39.3 Å². The van der Waals surface area contributed by atoms with Gasteiger partial charge < -0.3 is 19.5 Å². The fraction of sp³-hybridized carbons (Fsp3) is 0.333. The van der Waals surface area contributed by atoms with E-state index in [1.165, 1.54) is 0 Å². The monoisotopic (exact) mass is 471 g/mol. The van der Waals surface area contributed by atoms with E-state index in [-0.39, 0.29) is 5.69 Å². The van der Waals surface area contributed by atoms with E-state index < -0.39 is 18.0 Å². The Morgan fingerprint density at radius 3 is 2.33 bits per heavy atom. The molecule has 8 nitrogen and oxygen atoms in total. The normalized spacial score (nSPS) is 16.1. The summed E-state index contributed by atoms with van der Waals surface area (Å²) < 4.78 is 7.33. The molecule has 1 atom stereocenters. The van der Waals surface area contributed by atoms with E-state index in [0.29, 0.717) is 60.8 Å². The van der Waals surface area contributed by atoms with Crippen molar-refractivity contribution in [1.29, 1.82) is 0 Å². The lowest BCUT2D eigenvalue weighted by Crippen LogP contribution is -2.50. The highest BCUT2D eigenvalue weighted by molar-refractivity contribution is 6.30. The van der Waals surface area contributed by atoms with Gasteiger partial charge in [0.15, 0.2) is 0 Å². The molecule has 1 aliphatic rings. The molecule has 0 unspecified atom stereocenters. The molecule has 2 aromatic carbocycles. The van der Waals surface area contributed by atoms with Crippen molar-refractivity contribution in [2.24, 2.45) is 7.05 Å². The maximum absolute atomic E-state index is 12.4. The second-order valence-electron chi connectivity index (χ2n) is 8.06. The van der Waals surface area contributed by atoms with Crippen LogP contribution >= 0.6 is 11.6 Å². The zero-order valence-corrected chi connectivity index (χ0v) is 19.0. The summed E-state index contributed by atoms with van der Waals surface area (Å²) >= 11 is 5.89. The fourth-order valence-corrected chi connectivity index (χ4v) is 4.61. The number of hydrogen-bond acceptors (Lipinski definition) is 5. The number of carboxylic acid groups (broad SMARTS) is 2. The number of nitrogens with zero attached hydrogens (tertiary/aromatic N) is 3. The molecule has 0 spiro atoms. The summed E-state index contributed by atoms with van der Waals surface area (Å²) in [6.07, 6.45) is 0. The van der Waals surface area contributed by atoms with Gasteiger partial charge in [-0.2, -0.15) is 0 Å². The molecule has 1 fully saturated rings. The molecule has 2 N–H and O–H groups in total. The minimum Gasteiger partial charge on any atom is -0.492 e. The number of piperazine rings is 1. The molecule has 1 saturated heterocycles. The van der Waals surface area contributed by atoms with E-state index in [1.807, 2.05) is 29.2 Å². The Morgan fingerprint density at radius 2 is 1.70 bits per heavy atom. The Balaban J connectivity index is 1.46. The first-order chi connectivity index (χ1) is 15.9. The molecule has 1 aliphatic heterocycles. The standard InChI is InChI=1S/C24H26ClN3O5/c1-26-19-5-3-2-4-18(19)20(21(26)23(29)30)22(24(31)32)28-12-10-27(11-13-28)14-15-33-17-8-6-16(25)7-9-17/h2-9,22H,10-15H2,1H3,(H,29,30)(H,31,32)/t22-/m0/s1. The van der Waals surface area contributed by atoms with Gasteiger partial charge in [0.2, 0.25) is 0 Å². The molecule has 0 saturated carbocycles. The summed E-state index contributed by atoms with van der Waals surface area (Å²) in [5.74, 6) is -1.43. The molecule has 0 amide bonds. The first kappa shape index (κ1) is 23.1. The number of carboxylic acids is 2. The number of aromatic carboxylic acids is 1. The molecule has 3 aromatic rings. The zero-order chi connectivity index (χ0) is 23.5. The summed E-state index contributed by atoms with van der Waals surface area (Å²) in [6, 6.07) is 13.4. The van der Waals surface area contributed by atoms with Crippen LogP contribution in [0.4, 0.5) is 0 Å². The maximum atomic E-state index is 12.4. The van der Waals surface area contributed by atoms with E-state index in [4.69, 9.17) is 16.3 Å². The number of aliphatic carboxylic acids is 1. The molecule has 9 heteroatoms. The van der Waals surface area contributed by atoms with Crippen molar-refractivity contribution >= 4 is 34.4 Å². The number of fused-ring (bicyclic) bond motifs is 1. The van der Waals surface area contributed by atoms with Crippen molar-refractivity contribution in [3.63, 3.8) is 0 Å². The Labute approximate surface area is 196 Å². The van der Waals surface area contributed by atoms with Crippen LogP contribution in [0.15, 0.2) is 48.5 Å². The van der Waals surface area contributed by atoms with Gasteiger partial charge in [0.25, 0.3) is 0 Å². The Bertz CT molecular complexity index is 1150. The van der Waals surface area contributed by atoms with Gasteiger partial charge in [0.1, 0.15) is 24.1 Å². The quantitative estimate of drug-likeness (QED) is 0.520. The lowest BCUT2D eigenvalue weighted by atomic mass is 10.00. The maximum Gasteiger partial charge on any atom is 0.352 e. The van der Waals surface area contributed by atoms with Crippen LogP contribution in [0, 0.1) is 0 Å². The number of benzene rings is 2. The van der Waals surface area contributed by atoms with Crippen LogP contribution < -0.4 is 4.74 Å². The lowest BCUT2D eigenvalue weighted by molar-refractivity contribution is -0.144. The number of aryl methyl sites for hydroxylation is 1. The summed E-state index contributed by atoms with van der Waals surface area (Å²) in [5.41, 5.74) is 1.06. The predicted molar refractivity (Wildman–Crippen MR) is 125 cm³/mol. The van der Waals surface area contributed by atoms with Crippen molar-refractivity contribution in [1.82, 2.24) is 14.4 Å². The summed E-state index contributed by atoms with van der Waals surface area (Å²) in [7, 11) is 1.66. The van der Waals surface area contributed by atoms with Crippen molar-refractivity contribution < 1.29 is 24.5 Å². The Kier molecular flexibility index (Phi) is 6.88. The third-order valence-corrected chi connectivity index (χ3v) is 6.37. The number of para-hydroxylation sites is 1. The van der Waals surface area contributed by atoms with Gasteiger partial charge in [0, 0.05) is 61.3 Å². The first-order valence-electron chi connectivity index (χ1n) is 10.7. The zero-order valence-electron chi connectivity index (χ0n) is 18.3. The fourth-order valence-electron chi connectivity index (χ4n) is 4.49. The molecule has 4 rings (SSSR count). The molecule has 0 bridgehead atoms. The van der Waals surface area contributed by atoms with Crippen LogP contribution in [-0.4, -0.2) is 75.8 Å². The third kappa shape index (κ3) is 4.83. The van der Waals surface area contributed by atoms with Gasteiger partial charge in [-0.25, -0.2) is 4.79 Å². The molecule has 2 heterocycles. The highest BCUT2D eigenvalue weighted by Gasteiger charge is 2.36. The van der Waals surface area contributed by atoms with Crippen molar-refractivity contribution in [3.8, 4) is 5.75 Å². The van der Waals surface area contributed by atoms with Crippen molar-refractivity contribution in [3.05, 3.63) is 64.8 Å². The molecular weight excluding hydrogens is 446 g/mol. The number of hydrogen-bond donors (Lipinski definition) is 2. The Morgan fingerprint density at radius 1 is 1.03 bits per heavy atom. The van der Waals surface area contributed by atoms with Gasteiger partial charge in [-0.3, -0.25) is 14.6 Å². The summed E-state index contributed by atoms with van der Waals surface area (Å²) in [4.78, 5) is 28.5. The molecule has 1 aromatic heterocycles. The molecule has 174 valence electrons. The van der Waals surface area contributed by atoms with E-state index in [2.05, 4.69) is 4.90 Å². The summed E-state index contributed by atoms with van der Waals surface area (Å²) in [5, 5.41) is 21.3. The highest BCUT2D eigenvalue weighted by Crippen LogP contribution is 2.34. The average molecular weight is 472 g/mol. The van der Waals surface area contributed by atoms with Gasteiger partial charge in [-0.1, -0.05) is 29.8 Å². The van der Waals surface area contributed by atoms with Gasteiger partial charge in [0.05, 0.1) is 0 Å². The van der Waals surface area contributed by atoms with Crippen LogP contribution in [-0.2, 0) is 11.8 Å². The number of rotatable bonds is 8. The lowest BCUT2D eigenvalue weighted by Gasteiger charge is -2.37. The van der Waals surface area contributed by atoms with Crippen molar-refractivity contribution in [2.45, 2.75) is 6.04 Å². The number of halogens is 1. The largest absolute Gasteiger partial charge is 0.492 e. The van der Waals surface area contributed by atoms with Crippen LogP contribution in [0.1, 0.15) is 22.1 Å². The Hall–Kier alpha value is -3.07. The second kappa shape index (κ2) is 9.82. The van der Waals surface area contributed by atoms with Crippen LogP contribution in [0.3, 0.4) is 0 Å². The average Bonchev–Trinajstić information content (AvgIpc) is 3.09.